The van der Waals surface area contributed by atoms with Crippen molar-refractivity contribution in [1.29, 1.82) is 0 Å². The molecule has 0 spiro atoms. The summed E-state index contributed by atoms with van der Waals surface area (Å²) in [4.78, 5) is 2.23. The molecule has 1 fully saturated rings. The molecule has 0 amide bonds. The van der Waals surface area contributed by atoms with Crippen molar-refractivity contribution in [1.82, 2.24) is 0 Å². The van der Waals surface area contributed by atoms with Crippen molar-refractivity contribution in [2.24, 2.45) is 5.73 Å². The van der Waals surface area contributed by atoms with Gasteiger partial charge < -0.3 is 15.7 Å². The molecule has 1 aliphatic rings. The highest BCUT2D eigenvalue weighted by atomic mass is 19.1. The molecule has 1 saturated heterocycles. The second-order valence-electron chi connectivity index (χ2n) is 6.29. The van der Waals surface area contributed by atoms with Crippen LogP contribution in [0.2, 0.25) is 0 Å². The minimum atomic E-state index is -0.599. The lowest BCUT2D eigenvalue weighted by Gasteiger charge is -2.28. The second kappa shape index (κ2) is 5.70. The van der Waals surface area contributed by atoms with Crippen LogP contribution in [0.1, 0.15) is 50.3 Å². The van der Waals surface area contributed by atoms with Crippen molar-refractivity contribution in [3.8, 4) is 0 Å². The zero-order valence-electron chi connectivity index (χ0n) is 12.6. The fraction of sp³-hybridized carbons (Fsp3) is 0.625. The summed E-state index contributed by atoms with van der Waals surface area (Å²) in [7, 11) is 0. The van der Waals surface area contributed by atoms with Crippen LogP contribution in [0.4, 0.5) is 10.1 Å². The van der Waals surface area contributed by atoms with Gasteiger partial charge in [-0.15, -0.1) is 0 Å². The zero-order valence-corrected chi connectivity index (χ0v) is 12.6. The third kappa shape index (κ3) is 3.30. The molecule has 0 aromatic heterocycles. The molecule has 3 nitrogen and oxygen atoms in total. The maximum Gasteiger partial charge on any atom is 0.126 e. The molecular formula is C16H25FN2O. The standard InChI is InChI=1S/C16H25FN2O/c1-11-9-15(13(12(2)18)10-14(11)17)19-7-4-5-16(3,20)6-8-19/h9-10,12,20H,4-8,18H2,1-3H3. The predicted molar refractivity (Wildman–Crippen MR) is 80.4 cm³/mol. The Morgan fingerprint density at radius 3 is 2.70 bits per heavy atom. The average Bonchev–Trinajstić information content (AvgIpc) is 2.53. The van der Waals surface area contributed by atoms with Crippen LogP contribution in [0.5, 0.6) is 0 Å². The predicted octanol–water partition coefficient (Wildman–Crippen LogP) is 2.90. The smallest absolute Gasteiger partial charge is 0.126 e. The average molecular weight is 280 g/mol. The van der Waals surface area contributed by atoms with Crippen LogP contribution in [0, 0.1) is 12.7 Å². The molecule has 1 aromatic rings. The van der Waals surface area contributed by atoms with Crippen molar-refractivity contribution >= 4 is 5.69 Å². The van der Waals surface area contributed by atoms with Crippen molar-refractivity contribution in [3.63, 3.8) is 0 Å². The van der Waals surface area contributed by atoms with Crippen molar-refractivity contribution in [3.05, 3.63) is 29.1 Å². The topological polar surface area (TPSA) is 49.5 Å². The maximum atomic E-state index is 13.8. The van der Waals surface area contributed by atoms with Crippen LogP contribution in [-0.2, 0) is 0 Å². The van der Waals surface area contributed by atoms with Crippen LogP contribution in [0.25, 0.3) is 0 Å². The third-order valence-electron chi connectivity index (χ3n) is 4.20. The molecule has 0 saturated carbocycles. The monoisotopic (exact) mass is 280 g/mol. The van der Waals surface area contributed by atoms with E-state index in [1.807, 2.05) is 19.9 Å². The van der Waals surface area contributed by atoms with Crippen LogP contribution in [0.3, 0.4) is 0 Å². The lowest BCUT2D eigenvalue weighted by atomic mass is 9.98. The molecule has 0 bridgehead atoms. The first-order chi connectivity index (χ1) is 9.30. The maximum absolute atomic E-state index is 13.8. The number of hydrogen-bond acceptors (Lipinski definition) is 3. The molecule has 20 heavy (non-hydrogen) atoms. The van der Waals surface area contributed by atoms with E-state index in [4.69, 9.17) is 5.73 Å². The van der Waals surface area contributed by atoms with E-state index in [0.29, 0.717) is 5.56 Å². The molecule has 2 rings (SSSR count). The number of nitrogens with two attached hydrogens (primary N) is 1. The number of hydrogen-bond donors (Lipinski definition) is 2. The molecule has 3 N–H and O–H groups in total. The van der Waals surface area contributed by atoms with Crippen LogP contribution in [-0.4, -0.2) is 23.8 Å². The van der Waals surface area contributed by atoms with E-state index in [2.05, 4.69) is 4.90 Å². The third-order valence-corrected chi connectivity index (χ3v) is 4.20. The zero-order chi connectivity index (χ0) is 14.9. The van der Waals surface area contributed by atoms with Gasteiger partial charge in [-0.05, 0) is 63.3 Å². The molecule has 1 aliphatic heterocycles. The molecule has 4 heteroatoms. The minimum Gasteiger partial charge on any atom is -0.390 e. The van der Waals surface area contributed by atoms with E-state index < -0.39 is 5.60 Å². The summed E-state index contributed by atoms with van der Waals surface area (Å²) in [6, 6.07) is 3.23. The fourth-order valence-corrected chi connectivity index (χ4v) is 2.82. The quantitative estimate of drug-likeness (QED) is 0.875. The van der Waals surface area contributed by atoms with Crippen LogP contribution >= 0.6 is 0 Å². The van der Waals surface area contributed by atoms with Gasteiger partial charge in [0.2, 0.25) is 0 Å². The molecule has 112 valence electrons. The Bertz CT molecular complexity index is 486. The summed E-state index contributed by atoms with van der Waals surface area (Å²) in [5.41, 5.74) is 7.88. The van der Waals surface area contributed by atoms with Gasteiger partial charge in [0, 0.05) is 24.8 Å². The molecule has 1 heterocycles. The van der Waals surface area contributed by atoms with Crippen LogP contribution < -0.4 is 10.6 Å². The van der Waals surface area contributed by atoms with E-state index >= 15 is 0 Å². The van der Waals surface area contributed by atoms with Gasteiger partial charge in [0.25, 0.3) is 0 Å². The number of aryl methyl sites for hydroxylation is 1. The Morgan fingerprint density at radius 2 is 2.05 bits per heavy atom. The summed E-state index contributed by atoms with van der Waals surface area (Å²) in [5.74, 6) is -0.206. The fourth-order valence-electron chi connectivity index (χ4n) is 2.82. The van der Waals surface area contributed by atoms with E-state index in [1.165, 1.54) is 0 Å². The van der Waals surface area contributed by atoms with Gasteiger partial charge in [-0.1, -0.05) is 0 Å². The van der Waals surface area contributed by atoms with E-state index in [9.17, 15) is 9.50 Å². The van der Waals surface area contributed by atoms with Gasteiger partial charge in [0.1, 0.15) is 5.82 Å². The Balaban J connectivity index is 2.34. The number of benzene rings is 1. The number of aliphatic hydroxyl groups is 1. The van der Waals surface area contributed by atoms with Gasteiger partial charge in [-0.25, -0.2) is 4.39 Å². The van der Waals surface area contributed by atoms with Gasteiger partial charge in [0.15, 0.2) is 0 Å². The summed E-state index contributed by atoms with van der Waals surface area (Å²) < 4.78 is 13.8. The lowest BCUT2D eigenvalue weighted by molar-refractivity contribution is 0.0481. The molecule has 0 aliphatic carbocycles. The van der Waals surface area contributed by atoms with Crippen molar-refractivity contribution in [2.75, 3.05) is 18.0 Å². The number of halogens is 1. The summed E-state index contributed by atoms with van der Waals surface area (Å²) >= 11 is 0. The van der Waals surface area contributed by atoms with Gasteiger partial charge in [-0.2, -0.15) is 0 Å². The van der Waals surface area contributed by atoms with Crippen molar-refractivity contribution < 1.29 is 9.50 Å². The largest absolute Gasteiger partial charge is 0.390 e. The second-order valence-corrected chi connectivity index (χ2v) is 6.29. The first kappa shape index (κ1) is 15.3. The Hall–Kier alpha value is -1.13. The Kier molecular flexibility index (Phi) is 4.35. The molecule has 1 aromatic carbocycles. The van der Waals surface area contributed by atoms with Gasteiger partial charge >= 0.3 is 0 Å². The summed E-state index contributed by atoms with van der Waals surface area (Å²) in [6.07, 6.45) is 2.46. The lowest BCUT2D eigenvalue weighted by Crippen LogP contribution is -2.29. The van der Waals surface area contributed by atoms with Crippen molar-refractivity contribution in [2.45, 2.75) is 51.7 Å². The summed E-state index contributed by atoms with van der Waals surface area (Å²) in [6.45, 7) is 7.19. The Labute approximate surface area is 120 Å². The molecule has 0 radical (unpaired) electrons. The first-order valence-electron chi connectivity index (χ1n) is 7.33. The minimum absolute atomic E-state index is 0.205. The first-order valence-corrected chi connectivity index (χ1v) is 7.33. The van der Waals surface area contributed by atoms with E-state index in [1.54, 1.807) is 13.0 Å². The number of anilines is 1. The highest BCUT2D eigenvalue weighted by Gasteiger charge is 2.26. The van der Waals surface area contributed by atoms with E-state index in [-0.39, 0.29) is 11.9 Å². The van der Waals surface area contributed by atoms with Gasteiger partial charge in [-0.3, -0.25) is 0 Å². The van der Waals surface area contributed by atoms with Crippen LogP contribution in [0.15, 0.2) is 12.1 Å². The number of rotatable bonds is 2. The van der Waals surface area contributed by atoms with Gasteiger partial charge in [0.05, 0.1) is 5.60 Å². The molecule has 2 unspecified atom stereocenters. The normalized spacial score (nSPS) is 25.4. The molecular weight excluding hydrogens is 255 g/mol. The Morgan fingerprint density at radius 1 is 1.35 bits per heavy atom. The molecule has 2 atom stereocenters. The SMILES string of the molecule is Cc1cc(N2CCCC(C)(O)CC2)c(C(C)N)cc1F. The van der Waals surface area contributed by atoms with E-state index in [0.717, 1.165) is 43.6 Å². The summed E-state index contributed by atoms with van der Waals surface area (Å²) in [5, 5.41) is 10.2. The highest BCUT2D eigenvalue weighted by molar-refractivity contribution is 5.57. The number of nitrogens with zero attached hydrogens (tertiary/aromatic N) is 1. The highest BCUT2D eigenvalue weighted by Crippen LogP contribution is 2.31.